The molecule has 1 aliphatic carbocycles. The number of fused-ring (bicyclic) bond motifs is 1. The topological polar surface area (TPSA) is 76.4 Å². The molecule has 0 amide bonds. The molecule has 2 fully saturated rings. The lowest BCUT2D eigenvalue weighted by Gasteiger charge is -2.28. The molecule has 146 valence electrons. The van der Waals surface area contributed by atoms with Crippen molar-refractivity contribution in [1.82, 2.24) is 24.9 Å². The van der Waals surface area contributed by atoms with Crippen LogP contribution in [-0.4, -0.2) is 52.0 Å². The van der Waals surface area contributed by atoms with E-state index in [1.54, 1.807) is 13.3 Å². The van der Waals surface area contributed by atoms with Crippen molar-refractivity contribution in [3.05, 3.63) is 36.2 Å². The molecule has 28 heavy (non-hydrogen) atoms. The van der Waals surface area contributed by atoms with Crippen LogP contribution in [0, 0.1) is 0 Å². The minimum Gasteiger partial charge on any atom is -0.495 e. The van der Waals surface area contributed by atoms with Crippen molar-refractivity contribution >= 4 is 11.5 Å². The minimum atomic E-state index is -0.877. The molecule has 2 N–H and O–H groups in total. The van der Waals surface area contributed by atoms with Crippen molar-refractivity contribution in [3.63, 3.8) is 0 Å². The first-order valence-electron chi connectivity index (χ1n) is 9.74. The summed E-state index contributed by atoms with van der Waals surface area (Å²) >= 11 is 0. The second kappa shape index (κ2) is 7.01. The number of nitrogens with zero attached hydrogens (tertiary/aromatic N) is 4. The first-order valence-corrected chi connectivity index (χ1v) is 9.74. The summed E-state index contributed by atoms with van der Waals surface area (Å²) in [5.74, 6) is 1.89. The van der Waals surface area contributed by atoms with E-state index in [1.165, 1.54) is 0 Å². The number of imidazole rings is 1. The van der Waals surface area contributed by atoms with Crippen LogP contribution in [-0.2, 0) is 0 Å². The molecule has 4 heterocycles. The third kappa shape index (κ3) is 3.17. The Labute approximate surface area is 162 Å². The quantitative estimate of drug-likeness (QED) is 0.707. The van der Waals surface area contributed by atoms with Gasteiger partial charge >= 0.3 is 0 Å². The maximum absolute atomic E-state index is 14.1. The summed E-state index contributed by atoms with van der Waals surface area (Å²) < 4.78 is 21.5. The molecule has 0 spiro atoms. The fourth-order valence-corrected chi connectivity index (χ4v) is 3.71. The number of methoxy groups -OCH3 is 1. The van der Waals surface area contributed by atoms with Crippen molar-refractivity contribution < 1.29 is 9.13 Å². The normalized spacial score (nSPS) is 22.4. The van der Waals surface area contributed by atoms with Crippen LogP contribution in [0.2, 0.25) is 0 Å². The van der Waals surface area contributed by atoms with Gasteiger partial charge in [0.1, 0.15) is 29.1 Å². The van der Waals surface area contributed by atoms with Crippen LogP contribution in [0.15, 0.2) is 30.5 Å². The zero-order valence-electron chi connectivity index (χ0n) is 15.7. The molecule has 7 nitrogen and oxygen atoms in total. The van der Waals surface area contributed by atoms with E-state index < -0.39 is 6.17 Å². The van der Waals surface area contributed by atoms with E-state index in [4.69, 9.17) is 9.84 Å². The number of alkyl halides is 1. The molecule has 1 saturated heterocycles. The third-order valence-electron chi connectivity index (χ3n) is 5.41. The summed E-state index contributed by atoms with van der Waals surface area (Å²) in [5.41, 5.74) is 3.24. The maximum Gasteiger partial charge on any atom is 0.157 e. The molecule has 1 aliphatic heterocycles. The van der Waals surface area contributed by atoms with Gasteiger partial charge in [0, 0.05) is 18.5 Å². The number of anilines is 1. The average molecular weight is 382 g/mol. The highest BCUT2D eigenvalue weighted by molar-refractivity contribution is 5.62. The number of halogens is 1. The molecule has 2 unspecified atom stereocenters. The van der Waals surface area contributed by atoms with Crippen LogP contribution in [0.25, 0.3) is 17.0 Å². The van der Waals surface area contributed by atoms with Gasteiger partial charge < -0.3 is 15.4 Å². The number of rotatable bonds is 5. The van der Waals surface area contributed by atoms with Gasteiger partial charge in [-0.2, -0.15) is 5.10 Å². The number of hydrogen-bond acceptors (Lipinski definition) is 6. The summed E-state index contributed by atoms with van der Waals surface area (Å²) in [7, 11) is 1.66. The lowest BCUT2D eigenvalue weighted by molar-refractivity contribution is 0.241. The number of piperidine rings is 1. The highest BCUT2D eigenvalue weighted by Crippen LogP contribution is 2.43. The summed E-state index contributed by atoms with van der Waals surface area (Å²) in [6.07, 6.45) is 3.68. The Morgan fingerprint density at radius 2 is 2.18 bits per heavy atom. The van der Waals surface area contributed by atoms with Crippen LogP contribution in [0.3, 0.4) is 0 Å². The van der Waals surface area contributed by atoms with Crippen LogP contribution in [0.1, 0.15) is 30.9 Å². The standard InChI is InChI=1S/C20H23FN6O/c1-28-17-9-19-23-11-16(27(19)26-20(17)12-5-6-12)14-3-2-4-18(24-14)25-15-10-22-8-7-13(15)21/h2-4,9,11-13,15,22H,5-8,10H2,1H3,(H,24,25). The van der Waals surface area contributed by atoms with E-state index in [0.717, 1.165) is 41.3 Å². The third-order valence-corrected chi connectivity index (χ3v) is 5.41. The Morgan fingerprint density at radius 1 is 1.29 bits per heavy atom. The van der Waals surface area contributed by atoms with E-state index in [2.05, 4.69) is 20.6 Å². The number of pyridine rings is 1. The summed E-state index contributed by atoms with van der Waals surface area (Å²) in [5, 5.41) is 11.2. The zero-order valence-corrected chi connectivity index (χ0v) is 15.7. The zero-order chi connectivity index (χ0) is 19.1. The average Bonchev–Trinajstić information content (AvgIpc) is 3.48. The first kappa shape index (κ1) is 17.4. The molecule has 0 radical (unpaired) electrons. The molecule has 5 rings (SSSR count). The second-order valence-electron chi connectivity index (χ2n) is 7.45. The Balaban J connectivity index is 1.49. The lowest BCUT2D eigenvalue weighted by atomic mass is 10.1. The Kier molecular flexibility index (Phi) is 4.35. The van der Waals surface area contributed by atoms with E-state index in [-0.39, 0.29) is 6.04 Å². The van der Waals surface area contributed by atoms with Crippen molar-refractivity contribution in [2.75, 3.05) is 25.5 Å². The largest absolute Gasteiger partial charge is 0.495 e. The Morgan fingerprint density at radius 3 is 2.96 bits per heavy atom. The molecule has 8 heteroatoms. The minimum absolute atomic E-state index is 0.275. The molecule has 2 atom stereocenters. The van der Waals surface area contributed by atoms with Gasteiger partial charge in [0.25, 0.3) is 0 Å². The lowest BCUT2D eigenvalue weighted by Crippen LogP contribution is -2.46. The molecule has 0 bridgehead atoms. The van der Waals surface area contributed by atoms with Crippen molar-refractivity contribution in [2.45, 2.75) is 37.4 Å². The molecular weight excluding hydrogens is 359 g/mol. The van der Waals surface area contributed by atoms with E-state index in [1.807, 2.05) is 28.8 Å². The Bertz CT molecular complexity index is 1000. The summed E-state index contributed by atoms with van der Waals surface area (Å²) in [6, 6.07) is 7.35. The van der Waals surface area contributed by atoms with Crippen LogP contribution >= 0.6 is 0 Å². The fourth-order valence-electron chi connectivity index (χ4n) is 3.71. The van der Waals surface area contributed by atoms with Gasteiger partial charge in [-0.05, 0) is 37.9 Å². The van der Waals surface area contributed by atoms with E-state index >= 15 is 0 Å². The molecule has 0 aromatic carbocycles. The molecular formula is C20H23FN6O. The second-order valence-corrected chi connectivity index (χ2v) is 7.45. The number of ether oxygens (including phenoxy) is 1. The summed E-state index contributed by atoms with van der Waals surface area (Å²) in [4.78, 5) is 9.16. The molecule has 3 aromatic heterocycles. The Hall–Kier alpha value is -2.74. The molecule has 3 aromatic rings. The first-order chi connectivity index (χ1) is 13.7. The van der Waals surface area contributed by atoms with Gasteiger partial charge in [-0.25, -0.2) is 18.9 Å². The number of hydrogen-bond donors (Lipinski definition) is 2. The smallest absolute Gasteiger partial charge is 0.157 e. The van der Waals surface area contributed by atoms with Crippen molar-refractivity contribution in [2.24, 2.45) is 0 Å². The molecule has 1 saturated carbocycles. The SMILES string of the molecule is COc1cc2ncc(-c3cccc(NC4CNCCC4F)n3)n2nc1C1CC1. The maximum atomic E-state index is 14.1. The van der Waals surface area contributed by atoms with Gasteiger partial charge in [-0.1, -0.05) is 6.07 Å². The monoisotopic (exact) mass is 382 g/mol. The van der Waals surface area contributed by atoms with E-state index in [9.17, 15) is 4.39 Å². The highest BCUT2D eigenvalue weighted by atomic mass is 19.1. The predicted octanol–water partition coefficient (Wildman–Crippen LogP) is 2.79. The van der Waals surface area contributed by atoms with Crippen molar-refractivity contribution in [1.29, 1.82) is 0 Å². The molecule has 2 aliphatic rings. The van der Waals surface area contributed by atoms with Crippen LogP contribution in [0.5, 0.6) is 5.75 Å². The van der Waals surface area contributed by atoms with Crippen LogP contribution in [0.4, 0.5) is 10.2 Å². The van der Waals surface area contributed by atoms with Gasteiger partial charge in [-0.15, -0.1) is 0 Å². The number of aromatic nitrogens is 4. The number of nitrogens with one attached hydrogen (secondary N) is 2. The van der Waals surface area contributed by atoms with Crippen LogP contribution < -0.4 is 15.4 Å². The summed E-state index contributed by atoms with van der Waals surface area (Å²) in [6.45, 7) is 1.31. The van der Waals surface area contributed by atoms with Gasteiger partial charge in [0.2, 0.25) is 0 Å². The van der Waals surface area contributed by atoms with Gasteiger partial charge in [0.15, 0.2) is 5.65 Å². The van der Waals surface area contributed by atoms with Gasteiger partial charge in [-0.3, -0.25) is 0 Å². The van der Waals surface area contributed by atoms with Gasteiger partial charge in [0.05, 0.1) is 25.0 Å². The highest BCUT2D eigenvalue weighted by Gasteiger charge is 2.30. The predicted molar refractivity (Wildman–Crippen MR) is 105 cm³/mol. The van der Waals surface area contributed by atoms with Crippen molar-refractivity contribution in [3.8, 4) is 17.1 Å². The fraction of sp³-hybridized carbons (Fsp3) is 0.450. The van der Waals surface area contributed by atoms with E-state index in [0.29, 0.717) is 31.2 Å².